The molecule has 0 radical (unpaired) electrons. The van der Waals surface area contributed by atoms with Crippen molar-refractivity contribution in [2.45, 2.75) is 6.92 Å². The summed E-state index contributed by atoms with van der Waals surface area (Å²) in [5.74, 6) is -2.12. The van der Waals surface area contributed by atoms with Crippen LogP contribution in [0.15, 0.2) is 6.20 Å². The standard InChI is InChI=1S/C13H15N5O4S/c1-6-9(11(20)17(2)3)23-13(15-6)16-10(19)8-7(12(21)22)5-14-18(8)4/h5H,1-4H3,(H,21,22)(H,15,16,19). The van der Waals surface area contributed by atoms with Crippen LogP contribution in [0.5, 0.6) is 0 Å². The fourth-order valence-corrected chi connectivity index (χ4v) is 2.85. The third-order valence-electron chi connectivity index (χ3n) is 3.00. The van der Waals surface area contributed by atoms with Gasteiger partial charge in [-0.15, -0.1) is 0 Å². The normalized spacial score (nSPS) is 10.4. The molecule has 23 heavy (non-hydrogen) atoms. The van der Waals surface area contributed by atoms with Crippen molar-refractivity contribution in [3.8, 4) is 0 Å². The lowest BCUT2D eigenvalue weighted by Crippen LogP contribution is -2.21. The number of rotatable bonds is 4. The van der Waals surface area contributed by atoms with Crippen molar-refractivity contribution >= 4 is 34.3 Å². The van der Waals surface area contributed by atoms with Crippen LogP contribution in [0.4, 0.5) is 5.13 Å². The zero-order chi connectivity index (χ0) is 17.3. The molecule has 0 aliphatic carbocycles. The first kappa shape index (κ1) is 16.6. The van der Waals surface area contributed by atoms with Gasteiger partial charge in [0.15, 0.2) is 5.13 Å². The lowest BCUT2D eigenvalue weighted by molar-refractivity contribution is 0.0691. The van der Waals surface area contributed by atoms with E-state index in [1.165, 1.54) is 16.6 Å². The summed E-state index contributed by atoms with van der Waals surface area (Å²) in [5, 5.41) is 15.6. The number of thiazole rings is 1. The first-order chi connectivity index (χ1) is 10.7. The molecule has 0 aliphatic rings. The molecule has 0 spiro atoms. The number of carbonyl (C=O) groups excluding carboxylic acids is 2. The third-order valence-corrected chi connectivity index (χ3v) is 4.06. The molecule has 2 aromatic heterocycles. The van der Waals surface area contributed by atoms with Crippen LogP contribution in [0, 0.1) is 6.92 Å². The topological polar surface area (TPSA) is 117 Å². The van der Waals surface area contributed by atoms with Gasteiger partial charge >= 0.3 is 5.97 Å². The maximum atomic E-state index is 12.3. The minimum absolute atomic E-state index is 0.0918. The van der Waals surface area contributed by atoms with Gasteiger partial charge < -0.3 is 10.0 Å². The van der Waals surface area contributed by atoms with E-state index in [4.69, 9.17) is 5.11 Å². The highest BCUT2D eigenvalue weighted by Gasteiger charge is 2.24. The molecule has 0 saturated carbocycles. The Kier molecular flexibility index (Phi) is 4.45. The van der Waals surface area contributed by atoms with Crippen molar-refractivity contribution in [3.05, 3.63) is 28.0 Å². The quantitative estimate of drug-likeness (QED) is 0.853. The molecule has 2 rings (SSSR count). The molecule has 0 aromatic carbocycles. The predicted octanol–water partition coefficient (Wildman–Crippen LogP) is 0.837. The van der Waals surface area contributed by atoms with Crippen molar-refractivity contribution in [1.82, 2.24) is 19.7 Å². The van der Waals surface area contributed by atoms with Crippen LogP contribution in [0.25, 0.3) is 0 Å². The lowest BCUT2D eigenvalue weighted by Gasteiger charge is -2.07. The van der Waals surface area contributed by atoms with Crippen LogP contribution < -0.4 is 5.32 Å². The number of aromatic nitrogens is 3. The minimum Gasteiger partial charge on any atom is -0.478 e. The molecule has 2 N–H and O–H groups in total. The monoisotopic (exact) mass is 337 g/mol. The molecule has 122 valence electrons. The highest BCUT2D eigenvalue weighted by Crippen LogP contribution is 2.24. The molecule has 0 bridgehead atoms. The summed E-state index contributed by atoms with van der Waals surface area (Å²) >= 11 is 1.03. The van der Waals surface area contributed by atoms with Crippen LogP contribution in [-0.4, -0.2) is 56.6 Å². The second kappa shape index (κ2) is 6.16. The molecule has 2 heterocycles. The van der Waals surface area contributed by atoms with Gasteiger partial charge in [-0.2, -0.15) is 5.10 Å². The lowest BCUT2D eigenvalue weighted by atomic mass is 10.2. The number of carboxylic acid groups (broad SMARTS) is 1. The highest BCUT2D eigenvalue weighted by molar-refractivity contribution is 7.17. The Morgan fingerprint density at radius 2 is 2.00 bits per heavy atom. The molecule has 2 aromatic rings. The van der Waals surface area contributed by atoms with Gasteiger partial charge in [0.1, 0.15) is 16.1 Å². The average molecular weight is 337 g/mol. The molecule has 0 fully saturated rings. The van der Waals surface area contributed by atoms with Crippen LogP contribution in [0.3, 0.4) is 0 Å². The number of hydrogen-bond donors (Lipinski definition) is 2. The largest absolute Gasteiger partial charge is 0.478 e. The second-order valence-corrected chi connectivity index (χ2v) is 5.92. The molecular weight excluding hydrogens is 322 g/mol. The van der Waals surface area contributed by atoms with Crippen LogP contribution >= 0.6 is 11.3 Å². The number of amides is 2. The van der Waals surface area contributed by atoms with Crippen molar-refractivity contribution in [2.75, 3.05) is 19.4 Å². The van der Waals surface area contributed by atoms with Gasteiger partial charge in [-0.05, 0) is 6.92 Å². The van der Waals surface area contributed by atoms with Gasteiger partial charge in [0, 0.05) is 21.1 Å². The number of nitrogens with one attached hydrogen (secondary N) is 1. The van der Waals surface area contributed by atoms with Crippen molar-refractivity contribution in [2.24, 2.45) is 7.05 Å². The number of carboxylic acids is 1. The van der Waals surface area contributed by atoms with Crippen LogP contribution in [-0.2, 0) is 7.05 Å². The van der Waals surface area contributed by atoms with Crippen molar-refractivity contribution in [1.29, 1.82) is 0 Å². The van der Waals surface area contributed by atoms with E-state index in [-0.39, 0.29) is 22.3 Å². The molecule has 2 amide bonds. The Balaban J connectivity index is 2.29. The molecule has 0 saturated heterocycles. The van der Waals surface area contributed by atoms with Gasteiger partial charge in [0.05, 0.1) is 11.9 Å². The zero-order valence-corrected chi connectivity index (χ0v) is 13.8. The van der Waals surface area contributed by atoms with E-state index in [1.807, 2.05) is 0 Å². The summed E-state index contributed by atoms with van der Waals surface area (Å²) < 4.78 is 1.17. The number of aromatic carboxylic acids is 1. The number of nitrogens with zero attached hydrogens (tertiary/aromatic N) is 4. The number of carbonyl (C=O) groups is 3. The molecule has 10 heteroatoms. The summed E-state index contributed by atoms with van der Waals surface area (Å²) in [7, 11) is 4.71. The fourth-order valence-electron chi connectivity index (χ4n) is 1.87. The first-order valence-electron chi connectivity index (χ1n) is 6.48. The molecule has 0 unspecified atom stereocenters. The smallest absolute Gasteiger partial charge is 0.339 e. The maximum Gasteiger partial charge on any atom is 0.339 e. The zero-order valence-electron chi connectivity index (χ0n) is 12.9. The van der Waals surface area contributed by atoms with E-state index >= 15 is 0 Å². The SMILES string of the molecule is Cc1nc(NC(=O)c2c(C(=O)O)cnn2C)sc1C(=O)N(C)C. The summed E-state index contributed by atoms with van der Waals surface area (Å²) in [6.45, 7) is 1.66. The van der Waals surface area contributed by atoms with E-state index < -0.39 is 11.9 Å². The second-order valence-electron chi connectivity index (χ2n) is 4.92. The van der Waals surface area contributed by atoms with E-state index in [2.05, 4.69) is 15.4 Å². The predicted molar refractivity (Wildman–Crippen MR) is 83.0 cm³/mol. The van der Waals surface area contributed by atoms with Gasteiger partial charge in [-0.1, -0.05) is 11.3 Å². The summed E-state index contributed by atoms with van der Waals surface area (Å²) in [5.41, 5.74) is 0.196. The molecule has 9 nitrogen and oxygen atoms in total. The number of anilines is 1. The van der Waals surface area contributed by atoms with Gasteiger partial charge in [0.25, 0.3) is 11.8 Å². The van der Waals surface area contributed by atoms with E-state index in [0.29, 0.717) is 10.6 Å². The van der Waals surface area contributed by atoms with Crippen LogP contribution in [0.2, 0.25) is 0 Å². The Bertz CT molecular complexity index is 792. The van der Waals surface area contributed by atoms with E-state index in [9.17, 15) is 14.4 Å². The molecule has 0 aliphatic heterocycles. The van der Waals surface area contributed by atoms with E-state index in [1.54, 1.807) is 21.0 Å². The van der Waals surface area contributed by atoms with Crippen LogP contribution in [0.1, 0.15) is 36.2 Å². The van der Waals surface area contributed by atoms with Gasteiger partial charge in [-0.3, -0.25) is 19.6 Å². The Labute approximate surface area is 135 Å². The Morgan fingerprint density at radius 3 is 2.57 bits per heavy atom. The molecular formula is C13H15N5O4S. The fraction of sp³-hybridized carbons (Fsp3) is 0.308. The third kappa shape index (κ3) is 3.21. The van der Waals surface area contributed by atoms with Gasteiger partial charge in [0.2, 0.25) is 0 Å². The van der Waals surface area contributed by atoms with Crippen molar-refractivity contribution in [3.63, 3.8) is 0 Å². The first-order valence-corrected chi connectivity index (χ1v) is 7.29. The Morgan fingerprint density at radius 1 is 1.35 bits per heavy atom. The minimum atomic E-state index is -1.25. The number of aryl methyl sites for hydroxylation is 2. The molecule has 0 atom stereocenters. The summed E-state index contributed by atoms with van der Waals surface area (Å²) in [4.78, 5) is 41.3. The average Bonchev–Trinajstić information content (AvgIpc) is 3.01. The maximum absolute atomic E-state index is 12.3. The van der Waals surface area contributed by atoms with E-state index in [0.717, 1.165) is 17.5 Å². The summed E-state index contributed by atoms with van der Waals surface area (Å²) in [6, 6.07) is 0. The highest BCUT2D eigenvalue weighted by atomic mass is 32.1. The van der Waals surface area contributed by atoms with Gasteiger partial charge in [-0.25, -0.2) is 9.78 Å². The Hall–Kier alpha value is -2.75. The number of hydrogen-bond acceptors (Lipinski definition) is 6. The summed E-state index contributed by atoms with van der Waals surface area (Å²) in [6.07, 6.45) is 1.10. The van der Waals surface area contributed by atoms with Crippen molar-refractivity contribution < 1.29 is 19.5 Å².